The number of ether oxygens (including phenoxy) is 1. The summed E-state index contributed by atoms with van der Waals surface area (Å²) in [6.07, 6.45) is 0. The van der Waals surface area contributed by atoms with Crippen LogP contribution in [0, 0.1) is 6.92 Å². The number of nitrogen functional groups attached to an aromatic ring is 1. The number of hydrogen-bond donors (Lipinski definition) is 1. The molecule has 0 saturated heterocycles. The summed E-state index contributed by atoms with van der Waals surface area (Å²) < 4.78 is 5.42. The predicted octanol–water partition coefficient (Wildman–Crippen LogP) is 3.61. The van der Waals surface area contributed by atoms with Crippen molar-refractivity contribution in [2.24, 2.45) is 0 Å². The minimum Gasteiger partial charge on any atom is -0.496 e. The van der Waals surface area contributed by atoms with Crippen LogP contribution in [0.1, 0.15) is 18.1 Å². The highest BCUT2D eigenvalue weighted by Crippen LogP contribution is 2.25. The molecule has 2 aromatic rings. The summed E-state index contributed by atoms with van der Waals surface area (Å²) in [7, 11) is 1.69. The first-order valence-corrected chi connectivity index (χ1v) is 6.88. The minimum absolute atomic E-state index is 0.765. The Hall–Kier alpha value is -2.16. The Morgan fingerprint density at radius 2 is 1.80 bits per heavy atom. The Bertz CT molecular complexity index is 564. The smallest absolute Gasteiger partial charge is 0.123 e. The van der Waals surface area contributed by atoms with E-state index in [-0.39, 0.29) is 0 Å². The normalized spacial score (nSPS) is 10.3. The Balaban J connectivity index is 2.26. The molecule has 3 heteroatoms. The van der Waals surface area contributed by atoms with E-state index >= 15 is 0 Å². The van der Waals surface area contributed by atoms with E-state index in [2.05, 4.69) is 43.0 Å². The second-order valence-corrected chi connectivity index (χ2v) is 4.92. The van der Waals surface area contributed by atoms with Crippen molar-refractivity contribution in [3.63, 3.8) is 0 Å². The van der Waals surface area contributed by atoms with Gasteiger partial charge in [-0.2, -0.15) is 0 Å². The number of rotatable bonds is 5. The molecule has 0 spiro atoms. The summed E-state index contributed by atoms with van der Waals surface area (Å²) in [5, 5.41) is 0. The van der Waals surface area contributed by atoms with Crippen LogP contribution in [0.15, 0.2) is 42.5 Å². The molecule has 20 heavy (non-hydrogen) atoms. The first kappa shape index (κ1) is 14.3. The number of benzene rings is 2. The molecule has 0 amide bonds. The maximum Gasteiger partial charge on any atom is 0.123 e. The van der Waals surface area contributed by atoms with Crippen molar-refractivity contribution < 1.29 is 4.74 Å². The molecule has 0 heterocycles. The molecule has 2 aromatic carbocycles. The molecule has 0 bridgehead atoms. The van der Waals surface area contributed by atoms with Gasteiger partial charge in [-0.05, 0) is 44.2 Å². The van der Waals surface area contributed by atoms with E-state index in [0.717, 1.165) is 30.1 Å². The molecular weight excluding hydrogens is 248 g/mol. The van der Waals surface area contributed by atoms with Crippen LogP contribution >= 0.6 is 0 Å². The molecule has 0 fully saturated rings. The summed E-state index contributed by atoms with van der Waals surface area (Å²) in [6, 6.07) is 14.3. The van der Waals surface area contributed by atoms with Crippen LogP contribution in [0.4, 0.5) is 11.4 Å². The highest BCUT2D eigenvalue weighted by molar-refractivity contribution is 5.52. The largest absolute Gasteiger partial charge is 0.496 e. The van der Waals surface area contributed by atoms with Gasteiger partial charge in [0.25, 0.3) is 0 Å². The molecule has 2 N–H and O–H groups in total. The van der Waals surface area contributed by atoms with Gasteiger partial charge in [-0.1, -0.05) is 17.7 Å². The fourth-order valence-corrected chi connectivity index (χ4v) is 2.27. The lowest BCUT2D eigenvalue weighted by atomic mass is 10.1. The van der Waals surface area contributed by atoms with Crippen molar-refractivity contribution in [2.45, 2.75) is 20.4 Å². The van der Waals surface area contributed by atoms with E-state index in [1.807, 2.05) is 18.2 Å². The van der Waals surface area contributed by atoms with Crippen molar-refractivity contribution in [1.29, 1.82) is 0 Å². The SMILES string of the molecule is CCN(Cc1cc(N)ccc1OC)c1ccc(C)cc1. The van der Waals surface area contributed by atoms with Crippen molar-refractivity contribution in [2.75, 3.05) is 24.3 Å². The zero-order chi connectivity index (χ0) is 14.5. The summed E-state index contributed by atoms with van der Waals surface area (Å²) in [6.45, 7) is 5.97. The summed E-state index contributed by atoms with van der Waals surface area (Å²) >= 11 is 0. The molecule has 0 aliphatic carbocycles. The number of nitrogens with zero attached hydrogens (tertiary/aromatic N) is 1. The van der Waals surface area contributed by atoms with E-state index in [9.17, 15) is 0 Å². The van der Waals surface area contributed by atoms with Crippen LogP contribution < -0.4 is 15.4 Å². The predicted molar refractivity (Wildman–Crippen MR) is 85.3 cm³/mol. The number of methoxy groups -OCH3 is 1. The molecule has 0 aliphatic rings. The summed E-state index contributed by atoms with van der Waals surface area (Å²) in [4.78, 5) is 2.30. The third-order valence-corrected chi connectivity index (χ3v) is 3.45. The number of aryl methyl sites for hydroxylation is 1. The molecule has 3 nitrogen and oxygen atoms in total. The van der Waals surface area contributed by atoms with Gasteiger partial charge in [-0.25, -0.2) is 0 Å². The van der Waals surface area contributed by atoms with Gasteiger partial charge in [0.1, 0.15) is 5.75 Å². The molecule has 0 aromatic heterocycles. The zero-order valence-corrected chi connectivity index (χ0v) is 12.4. The van der Waals surface area contributed by atoms with Crippen molar-refractivity contribution >= 4 is 11.4 Å². The van der Waals surface area contributed by atoms with E-state index < -0.39 is 0 Å². The number of anilines is 2. The lowest BCUT2D eigenvalue weighted by Gasteiger charge is -2.24. The third-order valence-electron chi connectivity index (χ3n) is 3.45. The molecule has 0 atom stereocenters. The van der Waals surface area contributed by atoms with Gasteiger partial charge in [-0.15, -0.1) is 0 Å². The number of nitrogens with two attached hydrogens (primary N) is 1. The lowest BCUT2D eigenvalue weighted by molar-refractivity contribution is 0.409. The molecule has 106 valence electrons. The van der Waals surface area contributed by atoms with Gasteiger partial charge in [0.2, 0.25) is 0 Å². The van der Waals surface area contributed by atoms with E-state index in [1.165, 1.54) is 11.3 Å². The lowest BCUT2D eigenvalue weighted by Crippen LogP contribution is -2.22. The molecule has 0 saturated carbocycles. The van der Waals surface area contributed by atoms with Crippen molar-refractivity contribution in [3.8, 4) is 5.75 Å². The average molecular weight is 270 g/mol. The summed E-state index contributed by atoms with van der Waals surface area (Å²) in [5.74, 6) is 0.879. The highest BCUT2D eigenvalue weighted by atomic mass is 16.5. The van der Waals surface area contributed by atoms with Crippen molar-refractivity contribution in [3.05, 3.63) is 53.6 Å². The van der Waals surface area contributed by atoms with Gasteiger partial charge in [0, 0.05) is 30.0 Å². The van der Waals surface area contributed by atoms with E-state index in [4.69, 9.17) is 10.5 Å². The Morgan fingerprint density at radius 3 is 2.40 bits per heavy atom. The van der Waals surface area contributed by atoms with Crippen molar-refractivity contribution in [1.82, 2.24) is 0 Å². The van der Waals surface area contributed by atoms with Crippen LogP contribution in [0.5, 0.6) is 5.75 Å². The Labute approximate surface area is 121 Å². The first-order chi connectivity index (χ1) is 9.63. The standard InChI is InChI=1S/C17H22N2O/c1-4-19(16-8-5-13(2)6-9-16)12-14-11-15(18)7-10-17(14)20-3/h5-11H,4,12,18H2,1-3H3. The zero-order valence-electron chi connectivity index (χ0n) is 12.4. The molecule has 0 unspecified atom stereocenters. The fraction of sp³-hybridized carbons (Fsp3) is 0.294. The van der Waals surface area contributed by atoms with Crippen LogP contribution in [0.25, 0.3) is 0 Å². The first-order valence-electron chi connectivity index (χ1n) is 6.88. The van der Waals surface area contributed by atoms with Crippen LogP contribution in [0.2, 0.25) is 0 Å². The Morgan fingerprint density at radius 1 is 1.10 bits per heavy atom. The molecular formula is C17H22N2O. The van der Waals surface area contributed by atoms with Gasteiger partial charge in [-0.3, -0.25) is 0 Å². The van der Waals surface area contributed by atoms with Gasteiger partial charge in [0.05, 0.1) is 7.11 Å². The summed E-state index contributed by atoms with van der Waals surface area (Å²) in [5.41, 5.74) is 10.2. The third kappa shape index (κ3) is 3.23. The van der Waals surface area contributed by atoms with Gasteiger partial charge < -0.3 is 15.4 Å². The van der Waals surface area contributed by atoms with Crippen LogP contribution in [-0.4, -0.2) is 13.7 Å². The van der Waals surface area contributed by atoms with Gasteiger partial charge in [0.15, 0.2) is 0 Å². The fourth-order valence-electron chi connectivity index (χ4n) is 2.27. The average Bonchev–Trinajstić information content (AvgIpc) is 2.46. The second-order valence-electron chi connectivity index (χ2n) is 4.92. The molecule has 2 rings (SSSR count). The van der Waals surface area contributed by atoms with E-state index in [1.54, 1.807) is 7.11 Å². The van der Waals surface area contributed by atoms with Crippen LogP contribution in [-0.2, 0) is 6.54 Å². The second kappa shape index (κ2) is 6.33. The van der Waals surface area contributed by atoms with Gasteiger partial charge >= 0.3 is 0 Å². The quantitative estimate of drug-likeness (QED) is 0.843. The molecule has 0 radical (unpaired) electrons. The van der Waals surface area contributed by atoms with Crippen LogP contribution in [0.3, 0.4) is 0 Å². The topological polar surface area (TPSA) is 38.5 Å². The molecule has 0 aliphatic heterocycles. The monoisotopic (exact) mass is 270 g/mol. The highest BCUT2D eigenvalue weighted by Gasteiger charge is 2.09. The maximum atomic E-state index is 5.88. The Kier molecular flexibility index (Phi) is 4.51. The number of hydrogen-bond acceptors (Lipinski definition) is 3. The van der Waals surface area contributed by atoms with E-state index in [0.29, 0.717) is 0 Å². The minimum atomic E-state index is 0.765. The maximum absolute atomic E-state index is 5.88.